The summed E-state index contributed by atoms with van der Waals surface area (Å²) in [7, 11) is 0. The lowest BCUT2D eigenvalue weighted by molar-refractivity contribution is -0.138. The molecule has 2 aliphatic rings. The first kappa shape index (κ1) is 21.8. The van der Waals surface area contributed by atoms with Gasteiger partial charge in [-0.05, 0) is 55.2 Å². The van der Waals surface area contributed by atoms with E-state index >= 15 is 0 Å². The highest BCUT2D eigenvalue weighted by molar-refractivity contribution is 5.80. The highest BCUT2D eigenvalue weighted by atomic mass is 16.2. The summed E-state index contributed by atoms with van der Waals surface area (Å²) in [6, 6.07) is 6.74. The summed E-state index contributed by atoms with van der Waals surface area (Å²) in [5.41, 5.74) is 3.76. The lowest BCUT2D eigenvalue weighted by Crippen LogP contribution is -2.53. The minimum atomic E-state index is -0.0746. The Balaban J connectivity index is 1.64. The molecule has 3 rings (SSSR count). The van der Waals surface area contributed by atoms with Gasteiger partial charge in [0, 0.05) is 38.1 Å². The van der Waals surface area contributed by atoms with Crippen LogP contribution in [0.15, 0.2) is 18.2 Å². The van der Waals surface area contributed by atoms with Crippen LogP contribution in [0.1, 0.15) is 63.1 Å². The number of carbonyl (C=O) groups excluding carboxylic acids is 2. The van der Waals surface area contributed by atoms with Gasteiger partial charge in [-0.2, -0.15) is 0 Å². The molecule has 5 nitrogen and oxygen atoms in total. The second kappa shape index (κ2) is 8.86. The molecular formula is C24H37N3O2. The Morgan fingerprint density at radius 2 is 1.90 bits per heavy atom. The zero-order chi connectivity index (χ0) is 21.2. The van der Waals surface area contributed by atoms with Crippen molar-refractivity contribution in [2.45, 2.75) is 78.9 Å². The Bertz CT molecular complexity index is 749. The molecule has 2 amide bonds. The molecule has 1 aliphatic heterocycles. The third-order valence-corrected chi connectivity index (χ3v) is 6.08. The summed E-state index contributed by atoms with van der Waals surface area (Å²) < 4.78 is 0. The van der Waals surface area contributed by atoms with E-state index in [9.17, 15) is 9.59 Å². The molecule has 2 atom stereocenters. The minimum Gasteiger partial charge on any atom is -0.352 e. The summed E-state index contributed by atoms with van der Waals surface area (Å²) in [6.45, 7) is 12.6. The third-order valence-electron chi connectivity index (χ3n) is 6.08. The van der Waals surface area contributed by atoms with Gasteiger partial charge in [-0.1, -0.05) is 39.0 Å². The van der Waals surface area contributed by atoms with Crippen LogP contribution in [0.3, 0.4) is 0 Å². The van der Waals surface area contributed by atoms with Crippen molar-refractivity contribution in [1.82, 2.24) is 15.5 Å². The Labute approximate surface area is 175 Å². The zero-order valence-corrected chi connectivity index (χ0v) is 18.7. The maximum Gasteiger partial charge on any atom is 0.227 e. The van der Waals surface area contributed by atoms with E-state index in [1.54, 1.807) is 0 Å². The molecule has 0 unspecified atom stereocenters. The van der Waals surface area contributed by atoms with Crippen LogP contribution in [0.25, 0.3) is 0 Å². The first-order valence-corrected chi connectivity index (χ1v) is 11.0. The molecule has 0 aromatic heterocycles. The quantitative estimate of drug-likeness (QED) is 0.771. The molecule has 1 aliphatic carbocycles. The van der Waals surface area contributed by atoms with Crippen molar-refractivity contribution in [3.63, 3.8) is 0 Å². The number of piperidine rings is 1. The summed E-state index contributed by atoms with van der Waals surface area (Å²) in [5, 5.41) is 6.51. The Hall–Kier alpha value is -1.88. The fraction of sp³-hybridized carbons (Fsp3) is 0.667. The number of aryl methyl sites for hydroxylation is 1. The number of rotatable bonds is 6. The average molecular weight is 400 g/mol. The lowest BCUT2D eigenvalue weighted by Gasteiger charge is -2.34. The standard InChI is InChI=1S/C24H37N3O2/c1-16-7-6-8-18(17(16)2)15-27(21-9-10-21)23(29)19-11-20(14-25-13-19)26-22(28)12-24(3,4)5/h6-8,19-21,25H,9-15H2,1-5H3,(H,26,28)/t19-,20-/m0/s1. The number of benzene rings is 1. The van der Waals surface area contributed by atoms with E-state index in [1.165, 1.54) is 16.7 Å². The van der Waals surface area contributed by atoms with Gasteiger partial charge in [0.05, 0.1) is 5.92 Å². The molecule has 0 bridgehead atoms. The van der Waals surface area contributed by atoms with Crippen LogP contribution in [0.4, 0.5) is 0 Å². The molecule has 1 saturated heterocycles. The smallest absolute Gasteiger partial charge is 0.227 e. The Kier molecular flexibility index (Phi) is 6.67. The van der Waals surface area contributed by atoms with E-state index in [1.807, 2.05) is 0 Å². The fourth-order valence-corrected chi connectivity index (χ4v) is 4.17. The number of hydrogen-bond donors (Lipinski definition) is 2. The Morgan fingerprint density at radius 3 is 2.55 bits per heavy atom. The van der Waals surface area contributed by atoms with Crippen LogP contribution in [-0.4, -0.2) is 41.9 Å². The fourth-order valence-electron chi connectivity index (χ4n) is 4.17. The topological polar surface area (TPSA) is 61.4 Å². The van der Waals surface area contributed by atoms with E-state index < -0.39 is 0 Å². The third kappa shape index (κ3) is 6.05. The molecule has 160 valence electrons. The zero-order valence-electron chi connectivity index (χ0n) is 18.7. The molecule has 0 spiro atoms. The van der Waals surface area contributed by atoms with Crippen molar-refractivity contribution in [2.24, 2.45) is 11.3 Å². The molecule has 2 fully saturated rings. The van der Waals surface area contributed by atoms with E-state index in [0.717, 1.165) is 25.8 Å². The summed E-state index contributed by atoms with van der Waals surface area (Å²) in [6.07, 6.45) is 3.42. The predicted molar refractivity (Wildman–Crippen MR) is 116 cm³/mol. The number of nitrogens with zero attached hydrogens (tertiary/aromatic N) is 1. The van der Waals surface area contributed by atoms with Crippen molar-refractivity contribution in [1.29, 1.82) is 0 Å². The van der Waals surface area contributed by atoms with E-state index in [-0.39, 0.29) is 29.2 Å². The number of hydrogen-bond acceptors (Lipinski definition) is 3. The van der Waals surface area contributed by atoms with Crippen LogP contribution >= 0.6 is 0 Å². The van der Waals surface area contributed by atoms with Crippen LogP contribution in [-0.2, 0) is 16.1 Å². The van der Waals surface area contributed by atoms with Crippen molar-refractivity contribution < 1.29 is 9.59 Å². The maximum atomic E-state index is 13.4. The van der Waals surface area contributed by atoms with Gasteiger partial charge < -0.3 is 15.5 Å². The largest absolute Gasteiger partial charge is 0.352 e. The minimum absolute atomic E-state index is 0.0225. The monoisotopic (exact) mass is 399 g/mol. The first-order chi connectivity index (χ1) is 13.6. The second-order valence-corrected chi connectivity index (χ2v) is 10.1. The van der Waals surface area contributed by atoms with Crippen LogP contribution in [0.2, 0.25) is 0 Å². The predicted octanol–water partition coefficient (Wildman–Crippen LogP) is 3.32. The second-order valence-electron chi connectivity index (χ2n) is 10.1. The number of carbonyl (C=O) groups is 2. The highest BCUT2D eigenvalue weighted by Gasteiger charge is 2.38. The molecule has 5 heteroatoms. The van der Waals surface area contributed by atoms with Crippen molar-refractivity contribution in [3.8, 4) is 0 Å². The average Bonchev–Trinajstić information content (AvgIpc) is 3.46. The maximum absolute atomic E-state index is 13.4. The lowest BCUT2D eigenvalue weighted by atomic mass is 9.90. The Morgan fingerprint density at radius 1 is 1.17 bits per heavy atom. The van der Waals surface area contributed by atoms with E-state index in [0.29, 0.717) is 25.6 Å². The number of amides is 2. The van der Waals surface area contributed by atoms with Gasteiger partial charge in [0.1, 0.15) is 0 Å². The molecule has 1 aromatic carbocycles. The SMILES string of the molecule is Cc1cccc(CN(C(=O)[C@@H]2CNC[C@@H](NC(=O)CC(C)(C)C)C2)C2CC2)c1C. The highest BCUT2D eigenvalue weighted by Crippen LogP contribution is 2.31. The summed E-state index contributed by atoms with van der Waals surface area (Å²) >= 11 is 0. The van der Waals surface area contributed by atoms with Gasteiger partial charge in [0.2, 0.25) is 11.8 Å². The van der Waals surface area contributed by atoms with Crippen LogP contribution < -0.4 is 10.6 Å². The van der Waals surface area contributed by atoms with E-state index in [2.05, 4.69) is 68.4 Å². The van der Waals surface area contributed by atoms with Gasteiger partial charge in [-0.15, -0.1) is 0 Å². The molecule has 0 radical (unpaired) electrons. The van der Waals surface area contributed by atoms with Gasteiger partial charge in [-0.25, -0.2) is 0 Å². The first-order valence-electron chi connectivity index (χ1n) is 11.0. The van der Waals surface area contributed by atoms with Gasteiger partial charge >= 0.3 is 0 Å². The molecule has 1 saturated carbocycles. The normalized spacial score (nSPS) is 22.2. The summed E-state index contributed by atoms with van der Waals surface area (Å²) in [4.78, 5) is 27.8. The molecule has 2 N–H and O–H groups in total. The van der Waals surface area contributed by atoms with Gasteiger partial charge in [0.15, 0.2) is 0 Å². The van der Waals surface area contributed by atoms with Gasteiger partial charge in [-0.3, -0.25) is 9.59 Å². The molecule has 1 heterocycles. The van der Waals surface area contributed by atoms with Crippen molar-refractivity contribution in [3.05, 3.63) is 34.9 Å². The van der Waals surface area contributed by atoms with Crippen molar-refractivity contribution >= 4 is 11.8 Å². The molecular weight excluding hydrogens is 362 g/mol. The number of nitrogens with one attached hydrogen (secondary N) is 2. The summed E-state index contributed by atoms with van der Waals surface area (Å²) in [5.74, 6) is 0.233. The van der Waals surface area contributed by atoms with Crippen LogP contribution in [0.5, 0.6) is 0 Å². The molecule has 1 aromatic rings. The molecule has 29 heavy (non-hydrogen) atoms. The van der Waals surface area contributed by atoms with Gasteiger partial charge in [0.25, 0.3) is 0 Å². The van der Waals surface area contributed by atoms with Crippen molar-refractivity contribution in [2.75, 3.05) is 13.1 Å². The van der Waals surface area contributed by atoms with E-state index in [4.69, 9.17) is 0 Å². The van der Waals surface area contributed by atoms with Crippen LogP contribution in [0, 0.1) is 25.2 Å².